The summed E-state index contributed by atoms with van der Waals surface area (Å²) in [4.78, 5) is 0. The first kappa shape index (κ1) is 13.4. The number of aryl methyl sites for hydroxylation is 1. The van der Waals surface area contributed by atoms with E-state index in [1.807, 2.05) is 0 Å². The summed E-state index contributed by atoms with van der Waals surface area (Å²) in [7, 11) is 0. The Morgan fingerprint density at radius 3 is 2.61 bits per heavy atom. The zero-order valence-electron chi connectivity index (χ0n) is 12.0. The van der Waals surface area contributed by atoms with E-state index in [0.29, 0.717) is 0 Å². The molecule has 0 unspecified atom stereocenters. The second-order valence-electron chi connectivity index (χ2n) is 6.33. The van der Waals surface area contributed by atoms with Gasteiger partial charge in [-0.3, -0.25) is 0 Å². The van der Waals surface area contributed by atoms with Crippen LogP contribution in [0.1, 0.15) is 44.7 Å². The van der Waals surface area contributed by atoms with Crippen molar-refractivity contribution in [3.63, 3.8) is 0 Å². The standard InChI is InChI=1S/C16H25NO/c1-12-5-8-14(16(2,3)4)15(11-12)18-10-9-17-13-6-7-13/h5,8,11,13,17H,6-7,9-10H2,1-4H3. The van der Waals surface area contributed by atoms with Crippen molar-refractivity contribution in [1.29, 1.82) is 0 Å². The molecule has 2 rings (SSSR count). The topological polar surface area (TPSA) is 21.3 Å². The van der Waals surface area contributed by atoms with Crippen molar-refractivity contribution < 1.29 is 4.74 Å². The molecule has 1 fully saturated rings. The van der Waals surface area contributed by atoms with E-state index >= 15 is 0 Å². The SMILES string of the molecule is Cc1ccc(C(C)(C)C)c(OCCNC2CC2)c1. The normalized spacial score (nSPS) is 15.8. The van der Waals surface area contributed by atoms with E-state index < -0.39 is 0 Å². The molecule has 0 aliphatic heterocycles. The Morgan fingerprint density at radius 1 is 1.28 bits per heavy atom. The Bertz CT molecular complexity index is 402. The smallest absolute Gasteiger partial charge is 0.123 e. The number of benzene rings is 1. The number of hydrogen-bond donors (Lipinski definition) is 1. The molecule has 0 atom stereocenters. The van der Waals surface area contributed by atoms with Gasteiger partial charge in [-0.2, -0.15) is 0 Å². The van der Waals surface area contributed by atoms with Crippen molar-refractivity contribution in [3.8, 4) is 5.75 Å². The lowest BCUT2D eigenvalue weighted by molar-refractivity contribution is 0.305. The molecule has 0 spiro atoms. The van der Waals surface area contributed by atoms with Gasteiger partial charge in [0.05, 0.1) is 0 Å². The van der Waals surface area contributed by atoms with Crippen molar-refractivity contribution in [2.75, 3.05) is 13.2 Å². The third-order valence-corrected chi connectivity index (χ3v) is 3.32. The highest BCUT2D eigenvalue weighted by Crippen LogP contribution is 2.32. The Hall–Kier alpha value is -1.02. The molecule has 0 amide bonds. The first-order valence-electron chi connectivity index (χ1n) is 6.94. The molecule has 0 radical (unpaired) electrons. The van der Waals surface area contributed by atoms with E-state index in [0.717, 1.165) is 24.9 Å². The molecule has 1 N–H and O–H groups in total. The second kappa shape index (κ2) is 5.31. The number of hydrogen-bond acceptors (Lipinski definition) is 2. The van der Waals surface area contributed by atoms with E-state index in [1.165, 1.54) is 24.0 Å². The molecular weight excluding hydrogens is 222 g/mol. The Balaban J connectivity index is 1.97. The molecule has 2 nitrogen and oxygen atoms in total. The highest BCUT2D eigenvalue weighted by molar-refractivity contribution is 5.41. The average Bonchev–Trinajstić information content (AvgIpc) is 3.06. The summed E-state index contributed by atoms with van der Waals surface area (Å²) in [6.45, 7) is 10.5. The molecule has 0 heterocycles. The van der Waals surface area contributed by atoms with Gasteiger partial charge in [0, 0.05) is 12.6 Å². The van der Waals surface area contributed by atoms with Crippen LogP contribution in [0.3, 0.4) is 0 Å². The van der Waals surface area contributed by atoms with E-state index in [4.69, 9.17) is 4.74 Å². The number of ether oxygens (including phenoxy) is 1. The monoisotopic (exact) mass is 247 g/mol. The van der Waals surface area contributed by atoms with E-state index in [-0.39, 0.29) is 5.41 Å². The van der Waals surface area contributed by atoms with E-state index in [9.17, 15) is 0 Å². The van der Waals surface area contributed by atoms with Crippen molar-refractivity contribution in [3.05, 3.63) is 29.3 Å². The van der Waals surface area contributed by atoms with Crippen molar-refractivity contribution in [2.24, 2.45) is 0 Å². The fourth-order valence-corrected chi connectivity index (χ4v) is 2.08. The van der Waals surface area contributed by atoms with Gasteiger partial charge in [0.1, 0.15) is 12.4 Å². The molecule has 2 heteroatoms. The lowest BCUT2D eigenvalue weighted by Crippen LogP contribution is -2.23. The Labute approximate surface area is 111 Å². The fraction of sp³-hybridized carbons (Fsp3) is 0.625. The van der Waals surface area contributed by atoms with Gasteiger partial charge in [-0.05, 0) is 42.4 Å². The van der Waals surface area contributed by atoms with Crippen molar-refractivity contribution in [2.45, 2.75) is 52.0 Å². The summed E-state index contributed by atoms with van der Waals surface area (Å²) in [5.74, 6) is 1.04. The maximum atomic E-state index is 5.96. The van der Waals surface area contributed by atoms with E-state index in [2.05, 4.69) is 51.2 Å². The minimum absolute atomic E-state index is 0.132. The van der Waals surface area contributed by atoms with Crippen LogP contribution in [0, 0.1) is 6.92 Å². The zero-order chi connectivity index (χ0) is 13.2. The summed E-state index contributed by atoms with van der Waals surface area (Å²) in [5, 5.41) is 3.47. The first-order chi connectivity index (χ1) is 8.47. The average molecular weight is 247 g/mol. The largest absolute Gasteiger partial charge is 0.492 e. The zero-order valence-corrected chi connectivity index (χ0v) is 12.0. The summed E-state index contributed by atoms with van der Waals surface area (Å²) < 4.78 is 5.96. The van der Waals surface area contributed by atoms with Crippen LogP contribution in [0.4, 0.5) is 0 Å². The predicted molar refractivity (Wildman–Crippen MR) is 76.4 cm³/mol. The third kappa shape index (κ3) is 3.74. The maximum Gasteiger partial charge on any atom is 0.123 e. The molecule has 1 aliphatic carbocycles. The van der Waals surface area contributed by atoms with E-state index in [1.54, 1.807) is 0 Å². The van der Waals surface area contributed by atoms with Crippen LogP contribution in [0.5, 0.6) is 5.75 Å². The summed E-state index contributed by atoms with van der Waals surface area (Å²) in [5.41, 5.74) is 2.68. The van der Waals surface area contributed by atoms with Crippen LogP contribution in [0.15, 0.2) is 18.2 Å². The van der Waals surface area contributed by atoms with Crippen molar-refractivity contribution in [1.82, 2.24) is 5.32 Å². The molecule has 18 heavy (non-hydrogen) atoms. The van der Waals surface area contributed by atoms with Gasteiger partial charge in [-0.15, -0.1) is 0 Å². The molecule has 1 aromatic rings. The molecule has 1 aromatic carbocycles. The first-order valence-corrected chi connectivity index (χ1v) is 6.94. The summed E-state index contributed by atoms with van der Waals surface area (Å²) in [6.07, 6.45) is 2.66. The van der Waals surface area contributed by atoms with Gasteiger partial charge in [0.25, 0.3) is 0 Å². The van der Waals surface area contributed by atoms with Gasteiger partial charge in [-0.1, -0.05) is 32.9 Å². The molecule has 1 aliphatic rings. The van der Waals surface area contributed by atoms with Gasteiger partial charge in [-0.25, -0.2) is 0 Å². The van der Waals surface area contributed by atoms with Crippen LogP contribution in [0.25, 0.3) is 0 Å². The van der Waals surface area contributed by atoms with Gasteiger partial charge in [0.15, 0.2) is 0 Å². The second-order valence-corrected chi connectivity index (χ2v) is 6.33. The molecule has 100 valence electrons. The van der Waals surface area contributed by atoms with Crippen LogP contribution >= 0.6 is 0 Å². The molecule has 0 saturated heterocycles. The van der Waals surface area contributed by atoms with Crippen LogP contribution < -0.4 is 10.1 Å². The van der Waals surface area contributed by atoms with Gasteiger partial charge < -0.3 is 10.1 Å². The fourth-order valence-electron chi connectivity index (χ4n) is 2.08. The summed E-state index contributed by atoms with van der Waals surface area (Å²) >= 11 is 0. The predicted octanol–water partition coefficient (Wildman–Crippen LogP) is 3.42. The van der Waals surface area contributed by atoms with Gasteiger partial charge in [0.2, 0.25) is 0 Å². The Morgan fingerprint density at radius 2 is 2.00 bits per heavy atom. The Kier molecular flexibility index (Phi) is 3.96. The van der Waals surface area contributed by atoms with Crippen LogP contribution in [0.2, 0.25) is 0 Å². The maximum absolute atomic E-state index is 5.96. The quantitative estimate of drug-likeness (QED) is 0.805. The molecule has 0 aromatic heterocycles. The lowest BCUT2D eigenvalue weighted by atomic mass is 9.86. The molecular formula is C16H25NO. The van der Waals surface area contributed by atoms with Gasteiger partial charge >= 0.3 is 0 Å². The number of nitrogens with one attached hydrogen (secondary N) is 1. The minimum Gasteiger partial charge on any atom is -0.492 e. The summed E-state index contributed by atoms with van der Waals surface area (Å²) in [6, 6.07) is 7.26. The number of rotatable bonds is 5. The molecule has 0 bridgehead atoms. The van der Waals surface area contributed by atoms with Crippen LogP contribution in [-0.2, 0) is 5.41 Å². The van der Waals surface area contributed by atoms with Crippen molar-refractivity contribution >= 4 is 0 Å². The highest BCUT2D eigenvalue weighted by Gasteiger charge is 2.21. The van der Waals surface area contributed by atoms with Crippen LogP contribution in [-0.4, -0.2) is 19.2 Å². The lowest BCUT2D eigenvalue weighted by Gasteiger charge is -2.23. The minimum atomic E-state index is 0.132. The highest BCUT2D eigenvalue weighted by atomic mass is 16.5. The third-order valence-electron chi connectivity index (χ3n) is 3.32. The molecule has 1 saturated carbocycles.